The van der Waals surface area contributed by atoms with Crippen LogP contribution in [0.4, 0.5) is 0 Å². The van der Waals surface area contributed by atoms with E-state index in [4.69, 9.17) is 9.52 Å². The predicted octanol–water partition coefficient (Wildman–Crippen LogP) is 4.36. The fraction of sp³-hybridized carbons (Fsp3) is 0.0417. The third-order valence-electron chi connectivity index (χ3n) is 4.48. The highest BCUT2D eigenvalue weighted by Gasteiger charge is 2.15. The molecule has 146 valence electrons. The van der Waals surface area contributed by atoms with E-state index in [1.807, 2.05) is 72.9 Å². The van der Waals surface area contributed by atoms with Crippen molar-refractivity contribution in [3.63, 3.8) is 0 Å². The summed E-state index contributed by atoms with van der Waals surface area (Å²) in [6.45, 7) is 0.208. The van der Waals surface area contributed by atoms with Gasteiger partial charge in [-0.3, -0.25) is 4.79 Å². The maximum Gasteiger partial charge on any atom is 0.262 e. The molecule has 6 heteroatoms. The van der Waals surface area contributed by atoms with Crippen LogP contribution in [0.5, 0.6) is 0 Å². The third kappa shape index (κ3) is 4.21. The van der Waals surface area contributed by atoms with E-state index in [0.717, 1.165) is 11.3 Å². The summed E-state index contributed by atoms with van der Waals surface area (Å²) < 4.78 is 6.95. The van der Waals surface area contributed by atoms with Crippen molar-refractivity contribution in [1.82, 2.24) is 15.1 Å². The first-order valence-electron chi connectivity index (χ1n) is 9.37. The summed E-state index contributed by atoms with van der Waals surface area (Å²) in [7, 11) is 0. The Labute approximate surface area is 173 Å². The lowest BCUT2D eigenvalue weighted by Gasteiger charge is -2.02. The van der Waals surface area contributed by atoms with Crippen LogP contribution in [0, 0.1) is 11.3 Å². The molecule has 4 aromatic rings. The molecule has 0 saturated heterocycles. The van der Waals surface area contributed by atoms with Gasteiger partial charge in [-0.2, -0.15) is 10.4 Å². The highest BCUT2D eigenvalue weighted by atomic mass is 16.3. The molecule has 0 aliphatic rings. The van der Waals surface area contributed by atoms with E-state index < -0.39 is 5.91 Å². The number of furan rings is 1. The Bertz CT molecular complexity index is 1200. The van der Waals surface area contributed by atoms with Gasteiger partial charge in [-0.25, -0.2) is 4.68 Å². The number of hydrogen-bond donors (Lipinski definition) is 1. The van der Waals surface area contributed by atoms with Crippen LogP contribution >= 0.6 is 0 Å². The average Bonchev–Trinajstić information content (AvgIpc) is 3.47. The predicted molar refractivity (Wildman–Crippen MR) is 113 cm³/mol. The second kappa shape index (κ2) is 8.76. The molecule has 30 heavy (non-hydrogen) atoms. The number of aromatic nitrogens is 2. The zero-order chi connectivity index (χ0) is 20.8. The number of carbonyl (C=O) groups is 1. The molecular weight excluding hydrogens is 376 g/mol. The van der Waals surface area contributed by atoms with Crippen molar-refractivity contribution in [2.45, 2.75) is 6.54 Å². The fourth-order valence-corrected chi connectivity index (χ4v) is 3.01. The van der Waals surface area contributed by atoms with Crippen LogP contribution in [0.25, 0.3) is 23.0 Å². The summed E-state index contributed by atoms with van der Waals surface area (Å²) >= 11 is 0. The van der Waals surface area contributed by atoms with Crippen molar-refractivity contribution in [2.75, 3.05) is 0 Å². The monoisotopic (exact) mass is 394 g/mol. The minimum Gasteiger partial charge on any atom is -0.467 e. The molecule has 2 aromatic heterocycles. The van der Waals surface area contributed by atoms with Gasteiger partial charge < -0.3 is 9.73 Å². The van der Waals surface area contributed by atoms with Crippen molar-refractivity contribution in [3.05, 3.63) is 102 Å². The second-order valence-corrected chi connectivity index (χ2v) is 6.51. The zero-order valence-electron chi connectivity index (χ0n) is 16.0. The largest absolute Gasteiger partial charge is 0.467 e. The normalized spacial score (nSPS) is 11.1. The minimum absolute atomic E-state index is 0.00801. The molecule has 6 nitrogen and oxygen atoms in total. The highest BCUT2D eigenvalue weighted by molar-refractivity contribution is 6.02. The summed E-state index contributed by atoms with van der Waals surface area (Å²) in [5, 5.41) is 17.0. The van der Waals surface area contributed by atoms with Crippen LogP contribution in [0.2, 0.25) is 0 Å². The molecule has 0 unspecified atom stereocenters. The van der Waals surface area contributed by atoms with E-state index >= 15 is 0 Å². The number of para-hydroxylation sites is 1. The van der Waals surface area contributed by atoms with Gasteiger partial charge >= 0.3 is 0 Å². The van der Waals surface area contributed by atoms with E-state index in [0.29, 0.717) is 17.0 Å². The van der Waals surface area contributed by atoms with Gasteiger partial charge in [-0.05, 0) is 30.3 Å². The number of rotatable bonds is 6. The van der Waals surface area contributed by atoms with Gasteiger partial charge in [0, 0.05) is 17.3 Å². The Morgan fingerprint density at radius 3 is 2.47 bits per heavy atom. The highest BCUT2D eigenvalue weighted by Crippen LogP contribution is 2.25. The summed E-state index contributed by atoms with van der Waals surface area (Å²) in [5.41, 5.74) is 3.13. The molecule has 1 amide bonds. The Kier molecular flexibility index (Phi) is 5.54. The second-order valence-electron chi connectivity index (χ2n) is 6.51. The first-order valence-corrected chi connectivity index (χ1v) is 9.37. The van der Waals surface area contributed by atoms with Gasteiger partial charge in [0.15, 0.2) is 0 Å². The van der Waals surface area contributed by atoms with E-state index in [9.17, 15) is 10.1 Å². The van der Waals surface area contributed by atoms with E-state index in [2.05, 4.69) is 5.32 Å². The fourth-order valence-electron chi connectivity index (χ4n) is 3.01. The Balaban J connectivity index is 1.69. The topological polar surface area (TPSA) is 83.8 Å². The Hall–Kier alpha value is -4.37. The van der Waals surface area contributed by atoms with Crippen molar-refractivity contribution in [1.29, 1.82) is 5.26 Å². The van der Waals surface area contributed by atoms with Gasteiger partial charge in [0.2, 0.25) is 0 Å². The maximum atomic E-state index is 12.5. The number of nitriles is 1. The first kappa shape index (κ1) is 19.0. The molecule has 0 fully saturated rings. The van der Waals surface area contributed by atoms with Crippen molar-refractivity contribution < 1.29 is 9.21 Å². The maximum absolute atomic E-state index is 12.5. The van der Waals surface area contributed by atoms with Crippen molar-refractivity contribution in [2.24, 2.45) is 0 Å². The van der Waals surface area contributed by atoms with Crippen LogP contribution in [-0.2, 0) is 11.3 Å². The smallest absolute Gasteiger partial charge is 0.262 e. The molecule has 2 aromatic carbocycles. The number of carbonyl (C=O) groups excluding carboxylic acids is 1. The number of benzene rings is 2. The standard InChI is InChI=1S/C24H18N4O2/c25-15-19(24(29)26-16-22-12-7-13-30-22)14-20-17-28(21-10-5-2-6-11-21)27-23(20)18-8-3-1-4-9-18/h1-14,17H,16H2,(H,26,29)/b19-14-. The minimum atomic E-state index is -0.472. The van der Waals surface area contributed by atoms with Crippen LogP contribution in [-0.4, -0.2) is 15.7 Å². The van der Waals surface area contributed by atoms with Crippen molar-refractivity contribution in [3.8, 4) is 23.0 Å². The Morgan fingerprint density at radius 2 is 1.80 bits per heavy atom. The molecule has 0 radical (unpaired) electrons. The number of nitrogens with one attached hydrogen (secondary N) is 1. The van der Waals surface area contributed by atoms with Gasteiger partial charge in [-0.1, -0.05) is 48.5 Å². The molecule has 0 aliphatic carbocycles. The summed E-state index contributed by atoms with van der Waals surface area (Å²) in [4.78, 5) is 12.5. The molecule has 4 rings (SSSR count). The quantitative estimate of drug-likeness (QED) is 0.389. The van der Waals surface area contributed by atoms with E-state index in [1.165, 1.54) is 6.26 Å². The number of hydrogen-bond acceptors (Lipinski definition) is 4. The summed E-state index contributed by atoms with van der Waals surface area (Å²) in [6.07, 6.45) is 4.91. The van der Waals surface area contributed by atoms with Gasteiger partial charge in [0.25, 0.3) is 5.91 Å². The molecule has 0 saturated carbocycles. The first-order chi connectivity index (χ1) is 14.7. The van der Waals surface area contributed by atoms with E-state index in [-0.39, 0.29) is 12.1 Å². The average molecular weight is 394 g/mol. The van der Waals surface area contributed by atoms with Gasteiger partial charge in [0.05, 0.1) is 24.2 Å². The zero-order valence-corrected chi connectivity index (χ0v) is 16.0. The lowest BCUT2D eigenvalue weighted by molar-refractivity contribution is -0.117. The molecule has 0 bridgehead atoms. The molecule has 0 aliphatic heterocycles. The Morgan fingerprint density at radius 1 is 1.07 bits per heavy atom. The molecular formula is C24H18N4O2. The molecule has 0 atom stereocenters. The molecule has 1 N–H and O–H groups in total. The third-order valence-corrected chi connectivity index (χ3v) is 4.48. The van der Waals surface area contributed by atoms with Crippen LogP contribution in [0.3, 0.4) is 0 Å². The number of nitrogens with zero attached hydrogens (tertiary/aromatic N) is 3. The lowest BCUT2D eigenvalue weighted by Crippen LogP contribution is -2.23. The summed E-state index contributed by atoms with van der Waals surface area (Å²) in [6, 6.07) is 24.8. The summed E-state index contributed by atoms with van der Waals surface area (Å²) in [5.74, 6) is 0.142. The van der Waals surface area contributed by atoms with E-state index in [1.54, 1.807) is 22.9 Å². The van der Waals surface area contributed by atoms with Crippen molar-refractivity contribution >= 4 is 12.0 Å². The van der Waals surface area contributed by atoms with Crippen LogP contribution in [0.1, 0.15) is 11.3 Å². The van der Waals surface area contributed by atoms with Crippen LogP contribution < -0.4 is 5.32 Å². The van der Waals surface area contributed by atoms with Gasteiger partial charge in [-0.15, -0.1) is 0 Å². The molecule has 2 heterocycles. The van der Waals surface area contributed by atoms with Crippen LogP contribution in [0.15, 0.2) is 95.2 Å². The van der Waals surface area contributed by atoms with Gasteiger partial charge in [0.1, 0.15) is 17.4 Å². The molecule has 0 spiro atoms. The lowest BCUT2D eigenvalue weighted by atomic mass is 10.1. The SMILES string of the molecule is N#C/C(=C/c1cn(-c2ccccc2)nc1-c1ccccc1)C(=O)NCc1ccco1. The number of amides is 1.